The normalized spacial score (nSPS) is 31.8. The SMILES string of the molecule is Cc1ccc(S(=O)(=O)OC[C@H](C)[C@H]2CC[C@H]3/C(=C/Br)CCC[C@]23C)cc1. The number of fused-ring (bicyclic) bond motifs is 1. The third kappa shape index (κ3) is 3.81. The average Bonchev–Trinajstić information content (AvgIpc) is 2.97. The number of halogens is 1. The van der Waals surface area contributed by atoms with E-state index in [0.29, 0.717) is 11.8 Å². The molecule has 1 aromatic rings. The molecule has 2 saturated carbocycles. The lowest BCUT2D eigenvalue weighted by Crippen LogP contribution is -2.37. The van der Waals surface area contributed by atoms with Gasteiger partial charge in [-0.1, -0.05) is 53.0 Å². The largest absolute Gasteiger partial charge is 0.296 e. The second kappa shape index (κ2) is 7.76. The monoisotopic (exact) mass is 440 g/mol. The van der Waals surface area contributed by atoms with Gasteiger partial charge in [0.25, 0.3) is 10.1 Å². The summed E-state index contributed by atoms with van der Waals surface area (Å²) in [6, 6.07) is 6.85. The summed E-state index contributed by atoms with van der Waals surface area (Å²) in [7, 11) is -3.69. The molecule has 2 aliphatic rings. The molecule has 3 nitrogen and oxygen atoms in total. The van der Waals surface area contributed by atoms with Crippen molar-refractivity contribution in [3.63, 3.8) is 0 Å². The molecule has 0 radical (unpaired) electrons. The lowest BCUT2D eigenvalue weighted by atomic mass is 9.61. The quantitative estimate of drug-likeness (QED) is 0.540. The van der Waals surface area contributed by atoms with Crippen molar-refractivity contribution >= 4 is 26.0 Å². The van der Waals surface area contributed by atoms with E-state index in [2.05, 4.69) is 34.8 Å². The molecule has 4 atom stereocenters. The van der Waals surface area contributed by atoms with Crippen LogP contribution in [0.5, 0.6) is 0 Å². The maximum atomic E-state index is 12.5. The zero-order valence-electron chi connectivity index (χ0n) is 15.9. The van der Waals surface area contributed by atoms with Crippen LogP contribution in [-0.2, 0) is 14.3 Å². The molecular weight excluding hydrogens is 412 g/mol. The first-order valence-corrected chi connectivity index (χ1v) is 11.9. The van der Waals surface area contributed by atoms with Crippen molar-refractivity contribution in [1.29, 1.82) is 0 Å². The Balaban J connectivity index is 1.68. The number of allylic oxidation sites excluding steroid dienone is 1. The second-order valence-corrected chi connectivity index (χ2v) is 10.4. The van der Waals surface area contributed by atoms with Crippen LogP contribution in [0.4, 0.5) is 0 Å². The van der Waals surface area contributed by atoms with Crippen molar-refractivity contribution in [1.82, 2.24) is 0 Å². The Labute approximate surface area is 166 Å². The fourth-order valence-corrected chi connectivity index (χ4v) is 6.78. The maximum Gasteiger partial charge on any atom is 0.296 e. The number of rotatable bonds is 5. The van der Waals surface area contributed by atoms with Crippen molar-refractivity contribution in [3.05, 3.63) is 40.4 Å². The first kappa shape index (κ1) is 20.1. The Bertz CT molecular complexity index is 769. The molecule has 0 N–H and O–H groups in total. The summed E-state index contributed by atoms with van der Waals surface area (Å²) in [5.41, 5.74) is 2.82. The van der Waals surface area contributed by atoms with Crippen LogP contribution in [0.3, 0.4) is 0 Å². The van der Waals surface area contributed by atoms with E-state index >= 15 is 0 Å². The average molecular weight is 441 g/mol. The molecule has 0 aliphatic heterocycles. The molecule has 5 heteroatoms. The lowest BCUT2D eigenvalue weighted by Gasteiger charge is -2.44. The highest BCUT2D eigenvalue weighted by molar-refractivity contribution is 9.11. The summed E-state index contributed by atoms with van der Waals surface area (Å²) in [4.78, 5) is 2.37. The van der Waals surface area contributed by atoms with E-state index < -0.39 is 10.1 Å². The molecule has 1 aromatic carbocycles. The standard InChI is InChI=1S/C21H29BrO3S/c1-15-6-8-18(9-7-15)26(23,24)25-14-16(2)19-10-11-20-17(13-22)5-4-12-21(19,20)3/h6-9,13,16,19-20H,4-5,10-12,14H2,1-3H3/b17-13+/t16-,19+,20-,21+/m0/s1. The number of hydrogen-bond donors (Lipinski definition) is 0. The van der Waals surface area contributed by atoms with Gasteiger partial charge in [-0.2, -0.15) is 8.42 Å². The number of hydrogen-bond acceptors (Lipinski definition) is 3. The molecule has 3 rings (SSSR count). The molecular formula is C21H29BrO3S. The van der Waals surface area contributed by atoms with Crippen LogP contribution < -0.4 is 0 Å². The molecule has 2 aliphatic carbocycles. The van der Waals surface area contributed by atoms with Gasteiger partial charge in [-0.25, -0.2) is 0 Å². The summed E-state index contributed by atoms with van der Waals surface area (Å²) in [5, 5.41) is 0. The van der Waals surface area contributed by atoms with E-state index in [1.54, 1.807) is 24.3 Å². The van der Waals surface area contributed by atoms with E-state index in [-0.39, 0.29) is 22.8 Å². The predicted octanol–water partition coefficient (Wildman–Crippen LogP) is 5.83. The first-order valence-electron chi connectivity index (χ1n) is 9.53. The fraction of sp³-hybridized carbons (Fsp3) is 0.619. The van der Waals surface area contributed by atoms with Crippen LogP contribution in [0.25, 0.3) is 0 Å². The van der Waals surface area contributed by atoms with Crippen LogP contribution in [0.2, 0.25) is 0 Å². The van der Waals surface area contributed by atoms with E-state index in [1.165, 1.54) is 31.3 Å². The van der Waals surface area contributed by atoms with Crippen LogP contribution >= 0.6 is 15.9 Å². The zero-order valence-corrected chi connectivity index (χ0v) is 18.3. The highest BCUT2D eigenvalue weighted by atomic mass is 79.9. The van der Waals surface area contributed by atoms with Gasteiger partial charge in [0.2, 0.25) is 0 Å². The minimum absolute atomic E-state index is 0.222. The van der Waals surface area contributed by atoms with Gasteiger partial charge < -0.3 is 0 Å². The highest BCUT2D eigenvalue weighted by Gasteiger charge is 2.50. The molecule has 26 heavy (non-hydrogen) atoms. The molecule has 0 bridgehead atoms. The molecule has 0 saturated heterocycles. The van der Waals surface area contributed by atoms with Crippen molar-refractivity contribution < 1.29 is 12.6 Å². The Hall–Kier alpha value is -0.650. The third-order valence-corrected chi connectivity index (χ3v) is 8.54. The Morgan fingerprint density at radius 3 is 2.65 bits per heavy atom. The van der Waals surface area contributed by atoms with Gasteiger partial charge in [0, 0.05) is 0 Å². The van der Waals surface area contributed by atoms with Gasteiger partial charge in [0.15, 0.2) is 0 Å². The topological polar surface area (TPSA) is 43.4 Å². The molecule has 0 spiro atoms. The van der Waals surface area contributed by atoms with Crippen LogP contribution in [0.15, 0.2) is 39.7 Å². The summed E-state index contributed by atoms with van der Waals surface area (Å²) in [6.45, 7) is 6.75. The number of benzene rings is 1. The van der Waals surface area contributed by atoms with Crippen LogP contribution in [-0.4, -0.2) is 15.0 Å². The molecule has 0 unspecified atom stereocenters. The van der Waals surface area contributed by atoms with Gasteiger partial charge in [0.05, 0.1) is 11.5 Å². The van der Waals surface area contributed by atoms with Gasteiger partial charge in [-0.3, -0.25) is 4.18 Å². The fourth-order valence-electron chi connectivity index (χ4n) is 5.23. The minimum Gasteiger partial charge on any atom is -0.266 e. The van der Waals surface area contributed by atoms with Crippen LogP contribution in [0.1, 0.15) is 51.5 Å². The van der Waals surface area contributed by atoms with Crippen LogP contribution in [0, 0.1) is 30.1 Å². The van der Waals surface area contributed by atoms with Crippen molar-refractivity contribution in [2.45, 2.75) is 57.8 Å². The molecule has 0 aromatic heterocycles. The van der Waals surface area contributed by atoms with E-state index in [4.69, 9.17) is 4.18 Å². The van der Waals surface area contributed by atoms with Crippen molar-refractivity contribution in [2.24, 2.45) is 23.2 Å². The predicted molar refractivity (Wildman–Crippen MR) is 109 cm³/mol. The molecule has 2 fully saturated rings. The van der Waals surface area contributed by atoms with Crippen molar-refractivity contribution in [2.75, 3.05) is 6.61 Å². The lowest BCUT2D eigenvalue weighted by molar-refractivity contribution is 0.0762. The van der Waals surface area contributed by atoms with Crippen molar-refractivity contribution in [3.8, 4) is 0 Å². The third-order valence-electron chi connectivity index (χ3n) is 6.66. The summed E-state index contributed by atoms with van der Waals surface area (Å²) >= 11 is 3.55. The highest BCUT2D eigenvalue weighted by Crippen LogP contribution is 2.59. The van der Waals surface area contributed by atoms with E-state index in [1.807, 2.05) is 6.92 Å². The summed E-state index contributed by atoms with van der Waals surface area (Å²) in [5.74, 6) is 1.35. The van der Waals surface area contributed by atoms with Gasteiger partial charge >= 0.3 is 0 Å². The number of aryl methyl sites for hydroxylation is 1. The molecule has 0 heterocycles. The second-order valence-electron chi connectivity index (χ2n) is 8.31. The summed E-state index contributed by atoms with van der Waals surface area (Å²) in [6.07, 6.45) is 5.98. The zero-order chi connectivity index (χ0) is 18.9. The Kier molecular flexibility index (Phi) is 6.00. The van der Waals surface area contributed by atoms with Gasteiger partial charge in [-0.05, 0) is 79.3 Å². The Morgan fingerprint density at radius 2 is 2.00 bits per heavy atom. The smallest absolute Gasteiger partial charge is 0.266 e. The molecule has 144 valence electrons. The van der Waals surface area contributed by atoms with Gasteiger partial charge in [-0.15, -0.1) is 0 Å². The summed E-state index contributed by atoms with van der Waals surface area (Å²) < 4.78 is 30.4. The Morgan fingerprint density at radius 1 is 1.31 bits per heavy atom. The minimum atomic E-state index is -3.69. The molecule has 0 amide bonds. The van der Waals surface area contributed by atoms with E-state index in [0.717, 1.165) is 12.0 Å². The first-order chi connectivity index (χ1) is 12.3. The van der Waals surface area contributed by atoms with E-state index in [9.17, 15) is 8.42 Å². The maximum absolute atomic E-state index is 12.5. The van der Waals surface area contributed by atoms with Gasteiger partial charge in [0.1, 0.15) is 0 Å².